The van der Waals surface area contributed by atoms with Gasteiger partial charge >= 0.3 is 0 Å². The fourth-order valence-electron chi connectivity index (χ4n) is 5.00. The summed E-state index contributed by atoms with van der Waals surface area (Å²) in [5.74, 6) is -0.762. The van der Waals surface area contributed by atoms with Crippen LogP contribution in [-0.4, -0.2) is 61.4 Å². The number of amides is 1. The van der Waals surface area contributed by atoms with Crippen LogP contribution >= 0.6 is 0 Å². The third-order valence-corrected chi connectivity index (χ3v) is 6.95. The molecular formula is C28H29N5O5. The van der Waals surface area contributed by atoms with E-state index in [0.29, 0.717) is 47.9 Å². The number of carbonyl (C=O) groups is 2. The number of imidazole rings is 2. The Labute approximate surface area is 219 Å². The fourth-order valence-corrected chi connectivity index (χ4v) is 5.00. The van der Waals surface area contributed by atoms with Gasteiger partial charge in [0.15, 0.2) is 17.3 Å². The molecule has 0 radical (unpaired) electrons. The highest BCUT2D eigenvalue weighted by Gasteiger charge is 2.46. The number of aromatic nitrogens is 4. The summed E-state index contributed by atoms with van der Waals surface area (Å²) in [6, 6.07) is 8.21. The summed E-state index contributed by atoms with van der Waals surface area (Å²) < 4.78 is 14.6. The van der Waals surface area contributed by atoms with Gasteiger partial charge in [0, 0.05) is 31.7 Å². The van der Waals surface area contributed by atoms with Gasteiger partial charge in [-0.25, -0.2) is 9.97 Å². The number of likely N-dealkylation sites (tertiary alicyclic amines) is 1. The Balaban J connectivity index is 1.63. The number of ketones is 1. The van der Waals surface area contributed by atoms with Crippen LogP contribution in [0.2, 0.25) is 0 Å². The summed E-state index contributed by atoms with van der Waals surface area (Å²) in [5, 5.41) is 11.6. The number of carbonyl (C=O) groups excluding carboxylic acids is 2. The van der Waals surface area contributed by atoms with Gasteiger partial charge in [-0.05, 0) is 49.6 Å². The highest BCUT2D eigenvalue weighted by molar-refractivity contribution is 6.46. The minimum atomic E-state index is -0.831. The Kier molecular flexibility index (Phi) is 6.62. The first-order valence-electron chi connectivity index (χ1n) is 12.3. The number of hydrogen-bond acceptors (Lipinski definition) is 7. The topological polar surface area (TPSA) is 111 Å². The summed E-state index contributed by atoms with van der Waals surface area (Å²) in [6.45, 7) is 4.66. The number of fused-ring (bicyclic) bond motifs is 1. The molecule has 1 atom stereocenters. The number of Topliss-reactive ketones (excluding diaryl/α,β-unsaturated/α-hetero) is 1. The maximum Gasteiger partial charge on any atom is 0.295 e. The first-order chi connectivity index (χ1) is 18.3. The van der Waals surface area contributed by atoms with Crippen molar-refractivity contribution in [3.63, 3.8) is 0 Å². The lowest BCUT2D eigenvalue weighted by atomic mass is 9.96. The van der Waals surface area contributed by atoms with E-state index >= 15 is 0 Å². The molecule has 1 N–H and O–H groups in total. The highest BCUT2D eigenvalue weighted by Crippen LogP contribution is 2.42. The summed E-state index contributed by atoms with van der Waals surface area (Å²) in [6.07, 6.45) is 7.67. The molecule has 196 valence electrons. The highest BCUT2D eigenvalue weighted by atomic mass is 16.5. The number of nitrogens with zero attached hydrogens (tertiary/aromatic N) is 5. The molecule has 0 bridgehead atoms. The van der Waals surface area contributed by atoms with Gasteiger partial charge in [0.25, 0.3) is 11.7 Å². The van der Waals surface area contributed by atoms with Gasteiger partial charge in [0.1, 0.15) is 11.3 Å². The Morgan fingerprint density at radius 1 is 1.05 bits per heavy atom. The average molecular weight is 516 g/mol. The predicted molar refractivity (Wildman–Crippen MR) is 140 cm³/mol. The third kappa shape index (κ3) is 4.17. The second-order valence-electron chi connectivity index (χ2n) is 9.19. The number of aliphatic hydroxyl groups excluding tert-OH is 1. The van der Waals surface area contributed by atoms with Crippen molar-refractivity contribution in [1.82, 2.24) is 23.8 Å². The molecule has 1 aromatic carbocycles. The predicted octanol–water partition coefficient (Wildman–Crippen LogP) is 3.68. The summed E-state index contributed by atoms with van der Waals surface area (Å²) in [7, 11) is 3.06. The molecule has 5 rings (SSSR count). The normalized spacial score (nSPS) is 16.9. The van der Waals surface area contributed by atoms with Gasteiger partial charge in [-0.15, -0.1) is 0 Å². The number of pyridine rings is 1. The molecule has 10 nitrogen and oxygen atoms in total. The van der Waals surface area contributed by atoms with E-state index in [0.717, 1.165) is 5.56 Å². The minimum absolute atomic E-state index is 0.00555. The largest absolute Gasteiger partial charge is 0.505 e. The first kappa shape index (κ1) is 25.1. The van der Waals surface area contributed by atoms with Gasteiger partial charge in [0.2, 0.25) is 0 Å². The van der Waals surface area contributed by atoms with Crippen molar-refractivity contribution in [2.24, 2.45) is 0 Å². The zero-order valence-electron chi connectivity index (χ0n) is 21.7. The molecular weight excluding hydrogens is 486 g/mol. The van der Waals surface area contributed by atoms with Crippen LogP contribution < -0.4 is 9.47 Å². The number of aliphatic hydroxyl groups is 1. The van der Waals surface area contributed by atoms with Crippen LogP contribution in [0.25, 0.3) is 11.4 Å². The van der Waals surface area contributed by atoms with E-state index in [1.54, 1.807) is 30.7 Å². The van der Waals surface area contributed by atoms with Crippen molar-refractivity contribution in [1.29, 1.82) is 0 Å². The second-order valence-corrected chi connectivity index (χ2v) is 9.19. The van der Waals surface area contributed by atoms with Crippen LogP contribution in [-0.2, 0) is 16.1 Å². The van der Waals surface area contributed by atoms with E-state index in [2.05, 4.69) is 9.97 Å². The van der Waals surface area contributed by atoms with Crippen LogP contribution in [0.4, 0.5) is 0 Å². The number of rotatable bonds is 8. The zero-order chi connectivity index (χ0) is 27.0. The summed E-state index contributed by atoms with van der Waals surface area (Å²) in [4.78, 5) is 37.0. The van der Waals surface area contributed by atoms with Gasteiger partial charge in [0.05, 0.1) is 37.9 Å². The van der Waals surface area contributed by atoms with Gasteiger partial charge in [-0.3, -0.25) is 9.59 Å². The Morgan fingerprint density at radius 2 is 1.84 bits per heavy atom. The van der Waals surface area contributed by atoms with E-state index in [4.69, 9.17) is 9.47 Å². The van der Waals surface area contributed by atoms with Crippen molar-refractivity contribution in [2.75, 3.05) is 20.8 Å². The Hall–Kier alpha value is -4.60. The third-order valence-electron chi connectivity index (χ3n) is 6.95. The van der Waals surface area contributed by atoms with Crippen molar-refractivity contribution in [3.8, 4) is 11.5 Å². The first-order valence-corrected chi connectivity index (χ1v) is 12.3. The van der Waals surface area contributed by atoms with Crippen molar-refractivity contribution in [2.45, 2.75) is 32.9 Å². The van der Waals surface area contributed by atoms with E-state index in [1.807, 2.05) is 47.3 Å². The van der Waals surface area contributed by atoms with E-state index in [1.165, 1.54) is 19.1 Å². The molecule has 0 saturated carbocycles. The summed E-state index contributed by atoms with van der Waals surface area (Å²) in [5.41, 5.74) is 3.13. The maximum atomic E-state index is 13.5. The van der Waals surface area contributed by atoms with Gasteiger partial charge in [-0.1, -0.05) is 12.1 Å². The number of ether oxygens (including phenoxy) is 2. The average Bonchev–Trinajstić information content (AvgIpc) is 3.63. The molecule has 38 heavy (non-hydrogen) atoms. The number of benzene rings is 1. The number of hydrogen-bond donors (Lipinski definition) is 1. The Morgan fingerprint density at radius 3 is 2.53 bits per heavy atom. The zero-order valence-corrected chi connectivity index (χ0v) is 21.7. The fraction of sp³-hybridized carbons (Fsp3) is 0.286. The van der Waals surface area contributed by atoms with Gasteiger partial charge in [-0.2, -0.15) is 0 Å². The van der Waals surface area contributed by atoms with Crippen LogP contribution in [0.5, 0.6) is 11.5 Å². The summed E-state index contributed by atoms with van der Waals surface area (Å²) >= 11 is 0. The van der Waals surface area contributed by atoms with Crippen molar-refractivity contribution in [3.05, 3.63) is 83.3 Å². The molecule has 1 amide bonds. The van der Waals surface area contributed by atoms with Gasteiger partial charge < -0.3 is 28.4 Å². The number of aryl methyl sites for hydroxylation is 3. The van der Waals surface area contributed by atoms with E-state index in [-0.39, 0.29) is 17.0 Å². The molecule has 3 aromatic heterocycles. The second kappa shape index (κ2) is 10.0. The van der Waals surface area contributed by atoms with E-state index in [9.17, 15) is 14.7 Å². The maximum absolute atomic E-state index is 13.5. The molecule has 0 aliphatic carbocycles. The monoisotopic (exact) mass is 515 g/mol. The Bertz CT molecular complexity index is 1550. The molecule has 4 heterocycles. The number of methoxy groups -OCH3 is 2. The smallest absolute Gasteiger partial charge is 0.295 e. The molecule has 0 spiro atoms. The standard InChI is InChI=1S/C28H29N5O5/c1-17-7-5-12-32-18(2)23(30-27(17)32)25(34)22-24(19-8-9-20(37-3)21(15-19)38-4)33(28(36)26(22)35)13-6-11-31-14-10-29-16-31/h5,7-10,12,14-16,24,34H,6,11,13H2,1-4H3/b25-22+. The quantitative estimate of drug-likeness (QED) is 0.216. The lowest BCUT2D eigenvalue weighted by Crippen LogP contribution is -2.31. The lowest BCUT2D eigenvalue weighted by Gasteiger charge is -2.26. The lowest BCUT2D eigenvalue weighted by molar-refractivity contribution is -0.139. The molecule has 4 aromatic rings. The molecule has 1 unspecified atom stereocenters. The van der Waals surface area contributed by atoms with Crippen LogP contribution in [0.3, 0.4) is 0 Å². The molecule has 10 heteroatoms. The molecule has 1 fully saturated rings. The molecule has 1 saturated heterocycles. The van der Waals surface area contributed by atoms with Crippen LogP contribution in [0, 0.1) is 13.8 Å². The van der Waals surface area contributed by atoms with Crippen LogP contribution in [0.1, 0.15) is 35.0 Å². The molecule has 1 aliphatic heterocycles. The van der Waals surface area contributed by atoms with E-state index < -0.39 is 17.7 Å². The van der Waals surface area contributed by atoms with Crippen LogP contribution in [0.15, 0.2) is 60.8 Å². The van der Waals surface area contributed by atoms with Crippen molar-refractivity contribution >= 4 is 23.1 Å². The SMILES string of the molecule is COc1ccc(C2/C(=C(\O)c3nc4c(C)cccn4c3C)C(=O)C(=O)N2CCCn2ccnc2)cc1OC. The minimum Gasteiger partial charge on any atom is -0.505 e. The van der Waals surface area contributed by atoms with Crippen molar-refractivity contribution < 1.29 is 24.2 Å². The molecule has 1 aliphatic rings.